The van der Waals surface area contributed by atoms with Crippen LogP contribution in [-0.2, 0) is 13.5 Å². The van der Waals surface area contributed by atoms with Gasteiger partial charge in [0.1, 0.15) is 5.82 Å². The molecule has 0 bridgehead atoms. The maximum absolute atomic E-state index is 12.9. The van der Waals surface area contributed by atoms with Crippen molar-refractivity contribution in [3.05, 3.63) is 52.0 Å². The summed E-state index contributed by atoms with van der Waals surface area (Å²) in [5.74, 6) is -0.257. The maximum Gasteiger partial charge on any atom is 0.124 e. The van der Waals surface area contributed by atoms with Crippen molar-refractivity contribution in [3.8, 4) is 0 Å². The highest BCUT2D eigenvalue weighted by molar-refractivity contribution is 9.10. The van der Waals surface area contributed by atoms with E-state index >= 15 is 0 Å². The third-order valence-electron chi connectivity index (χ3n) is 2.57. The van der Waals surface area contributed by atoms with Crippen LogP contribution in [0.2, 0.25) is 0 Å². The lowest BCUT2D eigenvalue weighted by atomic mass is 10.0. The van der Waals surface area contributed by atoms with Gasteiger partial charge in [0.15, 0.2) is 0 Å². The van der Waals surface area contributed by atoms with Crippen molar-refractivity contribution in [1.29, 1.82) is 0 Å². The minimum Gasteiger partial charge on any atom is -0.322 e. The van der Waals surface area contributed by atoms with Crippen LogP contribution >= 0.6 is 15.9 Å². The molecular weight excluding hydrogens is 285 g/mol. The second-order valence-corrected chi connectivity index (χ2v) is 4.81. The zero-order chi connectivity index (χ0) is 12.4. The molecule has 0 aliphatic carbocycles. The summed E-state index contributed by atoms with van der Waals surface area (Å²) in [6.45, 7) is 0. The lowest BCUT2D eigenvalue weighted by molar-refractivity contribution is 0.622. The zero-order valence-electron chi connectivity index (χ0n) is 9.40. The molecule has 3 nitrogen and oxygen atoms in total. The molecule has 5 heteroatoms. The van der Waals surface area contributed by atoms with E-state index in [1.165, 1.54) is 12.1 Å². The molecular formula is C12H13BrFN3. The Morgan fingerprint density at radius 3 is 2.82 bits per heavy atom. The molecule has 0 spiro atoms. The minimum atomic E-state index is -0.257. The molecule has 1 unspecified atom stereocenters. The van der Waals surface area contributed by atoms with Gasteiger partial charge in [-0.3, -0.25) is 4.68 Å². The highest BCUT2D eigenvalue weighted by Crippen LogP contribution is 2.22. The van der Waals surface area contributed by atoms with E-state index in [1.54, 1.807) is 10.7 Å². The Morgan fingerprint density at radius 1 is 1.47 bits per heavy atom. The van der Waals surface area contributed by atoms with Crippen molar-refractivity contribution in [2.45, 2.75) is 12.5 Å². The van der Waals surface area contributed by atoms with E-state index in [0.717, 1.165) is 15.7 Å². The van der Waals surface area contributed by atoms with Gasteiger partial charge in [-0.25, -0.2) is 4.39 Å². The number of nitrogens with two attached hydrogens (primary N) is 1. The van der Waals surface area contributed by atoms with Crippen LogP contribution in [-0.4, -0.2) is 9.78 Å². The first-order valence-electron chi connectivity index (χ1n) is 5.25. The van der Waals surface area contributed by atoms with E-state index < -0.39 is 0 Å². The van der Waals surface area contributed by atoms with Gasteiger partial charge >= 0.3 is 0 Å². The summed E-state index contributed by atoms with van der Waals surface area (Å²) in [5.41, 5.74) is 7.87. The van der Waals surface area contributed by atoms with Gasteiger partial charge in [0.05, 0.1) is 11.7 Å². The van der Waals surface area contributed by atoms with E-state index in [4.69, 9.17) is 5.73 Å². The lowest BCUT2D eigenvalue weighted by Crippen LogP contribution is -2.14. The van der Waals surface area contributed by atoms with E-state index in [2.05, 4.69) is 21.0 Å². The van der Waals surface area contributed by atoms with Crippen molar-refractivity contribution in [2.75, 3.05) is 0 Å². The fraction of sp³-hybridized carbons (Fsp3) is 0.250. The van der Waals surface area contributed by atoms with Gasteiger partial charge in [0, 0.05) is 17.7 Å². The molecule has 0 fully saturated rings. The van der Waals surface area contributed by atoms with Crippen LogP contribution in [0.5, 0.6) is 0 Å². The second-order valence-electron chi connectivity index (χ2n) is 3.96. The fourth-order valence-electron chi connectivity index (χ4n) is 1.66. The van der Waals surface area contributed by atoms with Crippen LogP contribution < -0.4 is 5.73 Å². The average Bonchev–Trinajstić information content (AvgIpc) is 2.69. The van der Waals surface area contributed by atoms with Crippen molar-refractivity contribution >= 4 is 15.9 Å². The summed E-state index contributed by atoms with van der Waals surface area (Å²) in [7, 11) is 1.85. The molecule has 0 radical (unpaired) electrons. The third kappa shape index (κ3) is 2.92. The SMILES string of the molecule is Cn1ccc(C(N)Cc2ccc(F)cc2Br)n1. The summed E-state index contributed by atoms with van der Waals surface area (Å²) in [4.78, 5) is 0. The second kappa shape index (κ2) is 4.98. The molecule has 1 atom stereocenters. The molecule has 0 saturated carbocycles. The van der Waals surface area contributed by atoms with Gasteiger partial charge in [-0.1, -0.05) is 22.0 Å². The van der Waals surface area contributed by atoms with Gasteiger partial charge in [0.25, 0.3) is 0 Å². The first-order valence-corrected chi connectivity index (χ1v) is 6.04. The molecule has 0 saturated heterocycles. The predicted octanol–water partition coefficient (Wildman–Crippen LogP) is 2.56. The van der Waals surface area contributed by atoms with Gasteiger partial charge in [-0.2, -0.15) is 5.10 Å². The molecule has 1 aromatic carbocycles. The third-order valence-corrected chi connectivity index (χ3v) is 3.31. The van der Waals surface area contributed by atoms with Crippen LogP contribution in [0.4, 0.5) is 4.39 Å². The maximum atomic E-state index is 12.9. The van der Waals surface area contributed by atoms with Crippen LogP contribution in [0.1, 0.15) is 17.3 Å². The van der Waals surface area contributed by atoms with Crippen LogP contribution in [0, 0.1) is 5.82 Å². The number of hydrogen-bond donors (Lipinski definition) is 1. The zero-order valence-corrected chi connectivity index (χ0v) is 11.0. The van der Waals surface area contributed by atoms with Crippen molar-refractivity contribution < 1.29 is 4.39 Å². The Hall–Kier alpha value is -1.20. The molecule has 2 rings (SSSR count). The number of benzene rings is 1. The van der Waals surface area contributed by atoms with Crippen LogP contribution in [0.25, 0.3) is 0 Å². The smallest absolute Gasteiger partial charge is 0.124 e. The van der Waals surface area contributed by atoms with Crippen LogP contribution in [0.3, 0.4) is 0 Å². The van der Waals surface area contributed by atoms with E-state index in [0.29, 0.717) is 6.42 Å². The molecule has 2 aromatic rings. The quantitative estimate of drug-likeness (QED) is 0.946. The number of halogens is 2. The van der Waals surface area contributed by atoms with Gasteiger partial charge in [0.2, 0.25) is 0 Å². The Labute approximate surface area is 108 Å². The number of rotatable bonds is 3. The summed E-state index contributed by atoms with van der Waals surface area (Å²) >= 11 is 3.33. The van der Waals surface area contributed by atoms with Crippen molar-refractivity contribution in [3.63, 3.8) is 0 Å². The van der Waals surface area contributed by atoms with Gasteiger partial charge < -0.3 is 5.73 Å². The van der Waals surface area contributed by atoms with E-state index in [1.807, 2.05) is 19.3 Å². The molecule has 17 heavy (non-hydrogen) atoms. The minimum absolute atomic E-state index is 0.182. The Balaban J connectivity index is 2.15. The van der Waals surface area contributed by atoms with Gasteiger partial charge in [-0.15, -0.1) is 0 Å². The monoisotopic (exact) mass is 297 g/mol. The normalized spacial score (nSPS) is 12.7. The van der Waals surface area contributed by atoms with E-state index in [9.17, 15) is 4.39 Å². The molecule has 2 N–H and O–H groups in total. The average molecular weight is 298 g/mol. The summed E-state index contributed by atoms with van der Waals surface area (Å²) in [6.07, 6.45) is 2.48. The molecule has 1 aromatic heterocycles. The highest BCUT2D eigenvalue weighted by Gasteiger charge is 2.12. The highest BCUT2D eigenvalue weighted by atomic mass is 79.9. The molecule has 0 amide bonds. The van der Waals surface area contributed by atoms with Crippen molar-refractivity contribution in [1.82, 2.24) is 9.78 Å². The van der Waals surface area contributed by atoms with Gasteiger partial charge in [-0.05, 0) is 30.2 Å². The Morgan fingerprint density at radius 2 is 2.24 bits per heavy atom. The van der Waals surface area contributed by atoms with E-state index in [-0.39, 0.29) is 11.9 Å². The van der Waals surface area contributed by atoms with Crippen LogP contribution in [0.15, 0.2) is 34.9 Å². The Bertz CT molecular complexity index is 524. The lowest BCUT2D eigenvalue weighted by Gasteiger charge is -2.10. The number of aryl methyl sites for hydroxylation is 1. The first kappa shape index (κ1) is 12.3. The molecule has 1 heterocycles. The summed E-state index contributed by atoms with van der Waals surface area (Å²) in [6, 6.07) is 6.33. The Kier molecular flexibility index (Phi) is 3.59. The van der Waals surface area contributed by atoms with Crippen molar-refractivity contribution in [2.24, 2.45) is 12.8 Å². The molecule has 0 aliphatic rings. The molecule has 90 valence electrons. The molecule has 0 aliphatic heterocycles. The fourth-order valence-corrected chi connectivity index (χ4v) is 2.17. The summed E-state index contributed by atoms with van der Waals surface area (Å²) < 4.78 is 15.4. The summed E-state index contributed by atoms with van der Waals surface area (Å²) in [5, 5.41) is 4.26. The number of hydrogen-bond acceptors (Lipinski definition) is 2. The topological polar surface area (TPSA) is 43.8 Å². The number of aromatic nitrogens is 2. The largest absolute Gasteiger partial charge is 0.322 e. The first-order chi connectivity index (χ1) is 8.06. The predicted molar refractivity (Wildman–Crippen MR) is 67.9 cm³/mol. The number of nitrogens with zero attached hydrogens (tertiary/aromatic N) is 2. The standard InChI is InChI=1S/C12H13BrFN3/c1-17-5-4-12(16-17)11(15)6-8-2-3-9(14)7-10(8)13/h2-5,7,11H,6,15H2,1H3.